The van der Waals surface area contributed by atoms with Crippen LogP contribution in [0.2, 0.25) is 0 Å². The summed E-state index contributed by atoms with van der Waals surface area (Å²) in [5.74, 6) is -1.32. The Morgan fingerprint density at radius 3 is 2.22 bits per heavy atom. The van der Waals surface area contributed by atoms with Crippen molar-refractivity contribution in [2.75, 3.05) is 7.11 Å². The van der Waals surface area contributed by atoms with Crippen LogP contribution in [-0.4, -0.2) is 23.3 Å². The fourth-order valence-electron chi connectivity index (χ4n) is 0.966. The molecule has 8 heteroatoms. The molecule has 0 saturated carbocycles. The van der Waals surface area contributed by atoms with E-state index in [1.165, 1.54) is 31.4 Å². The summed E-state index contributed by atoms with van der Waals surface area (Å²) in [7, 11) is 1.18. The first-order chi connectivity index (χ1) is 7.04. The predicted octanol–water partition coefficient (Wildman–Crippen LogP) is 1.66. The molecule has 1 aromatic carbocycles. The van der Waals surface area contributed by atoms with E-state index < -0.39 is 5.97 Å². The van der Waals surface area contributed by atoms with Crippen LogP contribution >= 0.6 is 0 Å². The molecule has 1 aromatic rings. The molecular weight excluding hydrogens is 879 g/mol. The fraction of sp³-hybridized carbons (Fsp3) is 0.100. The largest absolute Gasteiger partial charge is 0.693 e. The molecule has 0 aliphatic carbocycles. The van der Waals surface area contributed by atoms with Crippen LogP contribution in [0.1, 0.15) is 5.56 Å². The number of benzene rings is 1. The maximum Gasteiger partial charge on any atom is 0.315 e. The molecule has 0 aliphatic heterocycles. The van der Waals surface area contributed by atoms with Crippen LogP contribution in [0.3, 0.4) is 0 Å². The number of ether oxygens (including phenoxy) is 1. The molecule has 0 aromatic heterocycles. The standard InChI is InChI=1S/C10H10NO4.3Ac/c1-15-10(14)7(11)4-6-2-3-8(12)9(13)5-6;;;/h2-5,11,13H,1H3,(H,12,14);;;/q-1;;;. The van der Waals surface area contributed by atoms with E-state index in [0.29, 0.717) is 5.56 Å². The molecule has 89 valence electrons. The van der Waals surface area contributed by atoms with Gasteiger partial charge in [-0.25, -0.2) is 4.79 Å². The summed E-state index contributed by atoms with van der Waals surface area (Å²) in [6.07, 6.45) is 1.23. The quantitative estimate of drug-likeness (QED) is 0.269. The van der Waals surface area contributed by atoms with Crippen molar-refractivity contribution in [1.82, 2.24) is 0 Å². The summed E-state index contributed by atoms with van der Waals surface area (Å²) < 4.78 is 4.33. The van der Waals surface area contributed by atoms with Gasteiger partial charge in [-0.1, -0.05) is 17.8 Å². The Kier molecular flexibility index (Phi) is 18.0. The van der Waals surface area contributed by atoms with Gasteiger partial charge < -0.3 is 20.7 Å². The van der Waals surface area contributed by atoms with Crippen LogP contribution < -0.4 is 0 Å². The van der Waals surface area contributed by atoms with Gasteiger partial charge in [0.2, 0.25) is 0 Å². The van der Waals surface area contributed by atoms with Crippen molar-refractivity contribution in [1.29, 1.82) is 0 Å². The van der Waals surface area contributed by atoms with Gasteiger partial charge in [-0.05, 0) is 17.7 Å². The molecule has 0 fully saturated rings. The van der Waals surface area contributed by atoms with Gasteiger partial charge in [0.05, 0.1) is 7.11 Å². The third-order valence-electron chi connectivity index (χ3n) is 1.72. The van der Waals surface area contributed by atoms with Gasteiger partial charge in [-0.3, -0.25) is 0 Å². The minimum atomic E-state index is -0.762. The maximum absolute atomic E-state index is 10.9. The Balaban J connectivity index is -0.000000750. The van der Waals surface area contributed by atoms with Crippen molar-refractivity contribution in [2.24, 2.45) is 0 Å². The summed E-state index contributed by atoms with van der Waals surface area (Å²) >= 11 is 0. The van der Waals surface area contributed by atoms with Gasteiger partial charge >= 0.3 is 5.97 Å². The zero-order valence-electron chi connectivity index (χ0n) is 9.75. The average Bonchev–Trinajstić information content (AvgIpc) is 2.22. The monoisotopic (exact) mass is 889 g/mol. The number of rotatable bonds is 2. The van der Waals surface area contributed by atoms with E-state index in [1.807, 2.05) is 0 Å². The van der Waals surface area contributed by atoms with E-state index in [1.54, 1.807) is 0 Å². The molecule has 5 nitrogen and oxygen atoms in total. The Labute approximate surface area is 213 Å². The number of hydrogen-bond acceptors (Lipinski definition) is 4. The molecule has 18 heavy (non-hydrogen) atoms. The van der Waals surface area contributed by atoms with Crippen LogP contribution in [0.4, 0.5) is 0 Å². The van der Waals surface area contributed by atoms with Crippen molar-refractivity contribution in [3.05, 3.63) is 35.2 Å². The molecule has 0 atom stereocenters. The van der Waals surface area contributed by atoms with Gasteiger partial charge in [0.15, 0.2) is 11.5 Å². The predicted molar refractivity (Wildman–Crippen MR) is 54.1 cm³/mol. The van der Waals surface area contributed by atoms with Crippen LogP contribution in [0, 0.1) is 132 Å². The Bertz CT molecular complexity index is 424. The van der Waals surface area contributed by atoms with Crippen LogP contribution in [0.5, 0.6) is 11.5 Å². The number of hydrogen-bond donors (Lipinski definition) is 2. The van der Waals surface area contributed by atoms with Gasteiger partial charge in [0.25, 0.3) is 0 Å². The molecule has 3 radical (unpaired) electrons. The van der Waals surface area contributed by atoms with Crippen molar-refractivity contribution < 1.29 is 152 Å². The third-order valence-corrected chi connectivity index (χ3v) is 1.72. The van der Waals surface area contributed by atoms with Gasteiger partial charge in [-0.2, -0.15) is 0 Å². The number of phenolic OH excluding ortho intramolecular Hbond substituents is 2. The first kappa shape index (κ1) is 25.1. The molecular formula is C10H10Ac3NO4-. The van der Waals surface area contributed by atoms with Crippen molar-refractivity contribution >= 4 is 12.0 Å². The number of carbonyl (C=O) groups is 1. The molecule has 0 unspecified atom stereocenters. The molecule has 0 bridgehead atoms. The van der Waals surface area contributed by atoms with Crippen molar-refractivity contribution in [3.63, 3.8) is 0 Å². The van der Waals surface area contributed by atoms with Crippen LogP contribution in [-0.2, 0) is 9.53 Å². The Hall–Kier alpha value is 2.15. The maximum atomic E-state index is 10.9. The van der Waals surface area contributed by atoms with E-state index in [4.69, 9.17) is 15.9 Å². The average molecular weight is 889 g/mol. The van der Waals surface area contributed by atoms with Gasteiger partial charge in [0, 0.05) is 132 Å². The summed E-state index contributed by atoms with van der Waals surface area (Å²) in [6, 6.07) is 3.98. The molecule has 0 amide bonds. The molecule has 0 heterocycles. The SMILES string of the molecule is COC(=O)/C([NH-])=C/c1ccc(O)c(O)c1.[Ac].[Ac].[Ac]. The summed E-state index contributed by atoms with van der Waals surface area (Å²) in [5.41, 5.74) is 7.38. The zero-order chi connectivity index (χ0) is 11.4. The molecule has 1 rings (SSSR count). The summed E-state index contributed by atoms with van der Waals surface area (Å²) in [5, 5.41) is 18.2. The molecule has 0 spiro atoms. The van der Waals surface area contributed by atoms with E-state index >= 15 is 0 Å². The molecule has 0 aliphatic rings. The summed E-state index contributed by atoms with van der Waals surface area (Å²) in [6.45, 7) is 0. The number of methoxy groups -OCH3 is 1. The second-order valence-corrected chi connectivity index (χ2v) is 2.80. The van der Waals surface area contributed by atoms with Crippen LogP contribution in [0.25, 0.3) is 11.8 Å². The first-order valence-electron chi connectivity index (χ1n) is 4.08. The minimum Gasteiger partial charge on any atom is -0.693 e. The smallest absolute Gasteiger partial charge is 0.315 e. The second kappa shape index (κ2) is 12.9. The first-order valence-corrected chi connectivity index (χ1v) is 4.08. The van der Waals surface area contributed by atoms with E-state index in [0.717, 1.165) is 0 Å². The van der Waals surface area contributed by atoms with E-state index in [-0.39, 0.29) is 149 Å². The Morgan fingerprint density at radius 1 is 1.22 bits per heavy atom. The number of nitrogens with one attached hydrogen (secondary N) is 1. The number of carbonyl (C=O) groups excluding carboxylic acids is 1. The Morgan fingerprint density at radius 2 is 1.78 bits per heavy atom. The van der Waals surface area contributed by atoms with Gasteiger partial charge in [0.1, 0.15) is 0 Å². The number of phenols is 2. The summed E-state index contributed by atoms with van der Waals surface area (Å²) in [4.78, 5) is 10.9. The van der Waals surface area contributed by atoms with Crippen molar-refractivity contribution in [3.8, 4) is 11.5 Å². The van der Waals surface area contributed by atoms with E-state index in [9.17, 15) is 4.79 Å². The minimum absolute atomic E-state index is 0. The van der Waals surface area contributed by atoms with E-state index in [2.05, 4.69) is 4.74 Å². The number of esters is 1. The van der Waals surface area contributed by atoms with Crippen molar-refractivity contribution in [2.45, 2.75) is 0 Å². The normalized spacial score (nSPS) is 9.28. The van der Waals surface area contributed by atoms with Gasteiger partial charge in [-0.15, -0.1) is 0 Å². The third kappa shape index (κ3) is 8.44. The second-order valence-electron chi connectivity index (χ2n) is 2.80. The number of aromatic hydroxyl groups is 2. The molecule has 3 N–H and O–H groups in total. The molecule has 0 saturated heterocycles. The zero-order valence-corrected chi connectivity index (χ0v) is 24.0. The fourth-order valence-corrected chi connectivity index (χ4v) is 0.966. The van der Waals surface area contributed by atoms with Crippen LogP contribution in [0.15, 0.2) is 23.9 Å². The topological polar surface area (TPSA) is 90.6 Å².